The second kappa shape index (κ2) is 19.7. The zero-order valence-electron chi connectivity index (χ0n) is 16.4. The summed E-state index contributed by atoms with van der Waals surface area (Å²) in [5, 5.41) is 17.8. The monoisotopic (exact) mass is 359 g/mol. The second-order valence-corrected chi connectivity index (χ2v) is 6.79. The third kappa shape index (κ3) is 18.0. The molecule has 0 spiro atoms. The molecule has 2 N–H and O–H groups in total. The molecule has 150 valence electrons. The summed E-state index contributed by atoms with van der Waals surface area (Å²) >= 11 is 0. The number of hydrogen-bond acceptors (Lipinski definition) is 5. The first kappa shape index (κ1) is 24.4. The average Bonchev–Trinajstić information content (AvgIpc) is 2.60. The van der Waals surface area contributed by atoms with Crippen LogP contribution in [0.1, 0.15) is 84.0 Å². The highest BCUT2D eigenvalue weighted by molar-refractivity contribution is 5.69. The van der Waals surface area contributed by atoms with E-state index in [4.69, 9.17) is 14.9 Å². The van der Waals surface area contributed by atoms with Gasteiger partial charge in [0.15, 0.2) is 0 Å². The Bertz CT molecular complexity index is 281. The Hall–Kier alpha value is -0.650. The first-order chi connectivity index (χ1) is 12.2. The van der Waals surface area contributed by atoms with Crippen molar-refractivity contribution in [1.29, 1.82) is 0 Å². The molecule has 0 amide bonds. The average molecular weight is 360 g/mol. The van der Waals surface area contributed by atoms with Crippen molar-refractivity contribution < 1.29 is 19.7 Å². The SMILES string of the molecule is CCCCCCCCCCCCCC(=O)OCCN(CCO)CCO. The van der Waals surface area contributed by atoms with Gasteiger partial charge >= 0.3 is 5.97 Å². The Balaban J connectivity index is 3.35. The fraction of sp³-hybridized carbons (Fsp3) is 0.950. The molecule has 5 heteroatoms. The van der Waals surface area contributed by atoms with Gasteiger partial charge in [-0.25, -0.2) is 0 Å². The van der Waals surface area contributed by atoms with Crippen LogP contribution in [-0.4, -0.2) is 60.5 Å². The van der Waals surface area contributed by atoms with Gasteiger partial charge in [0.2, 0.25) is 0 Å². The van der Waals surface area contributed by atoms with Crippen molar-refractivity contribution in [3.05, 3.63) is 0 Å². The number of ether oxygens (including phenoxy) is 1. The van der Waals surface area contributed by atoms with E-state index in [1.54, 1.807) is 0 Å². The lowest BCUT2D eigenvalue weighted by Crippen LogP contribution is -2.33. The molecule has 0 saturated carbocycles. The molecule has 0 aliphatic heterocycles. The molecule has 0 rings (SSSR count). The normalized spacial score (nSPS) is 11.2. The number of hydrogen-bond donors (Lipinski definition) is 2. The predicted molar refractivity (Wildman–Crippen MR) is 103 cm³/mol. The molecule has 0 fully saturated rings. The van der Waals surface area contributed by atoms with Gasteiger partial charge in [0.05, 0.1) is 13.2 Å². The van der Waals surface area contributed by atoms with Gasteiger partial charge < -0.3 is 14.9 Å². The molecule has 0 bridgehead atoms. The van der Waals surface area contributed by atoms with E-state index in [2.05, 4.69) is 6.92 Å². The number of esters is 1. The number of rotatable bonds is 19. The van der Waals surface area contributed by atoms with E-state index in [1.807, 2.05) is 4.90 Å². The van der Waals surface area contributed by atoms with Crippen molar-refractivity contribution in [2.45, 2.75) is 84.0 Å². The first-order valence-corrected chi connectivity index (χ1v) is 10.3. The van der Waals surface area contributed by atoms with Gasteiger partial charge in [-0.15, -0.1) is 0 Å². The van der Waals surface area contributed by atoms with Crippen LogP contribution in [-0.2, 0) is 9.53 Å². The van der Waals surface area contributed by atoms with Crippen LogP contribution in [0.4, 0.5) is 0 Å². The Kier molecular flexibility index (Phi) is 19.2. The maximum absolute atomic E-state index is 11.7. The molecular formula is C20H41NO4. The van der Waals surface area contributed by atoms with Gasteiger partial charge in [-0.1, -0.05) is 71.1 Å². The van der Waals surface area contributed by atoms with Gasteiger partial charge in [0, 0.05) is 26.1 Å². The van der Waals surface area contributed by atoms with Crippen molar-refractivity contribution >= 4 is 5.97 Å². The van der Waals surface area contributed by atoms with Gasteiger partial charge in [-0.2, -0.15) is 0 Å². The van der Waals surface area contributed by atoms with Crippen LogP contribution in [0.3, 0.4) is 0 Å². The molecule has 0 saturated heterocycles. The molecule has 0 aromatic carbocycles. The first-order valence-electron chi connectivity index (χ1n) is 10.3. The fourth-order valence-electron chi connectivity index (χ4n) is 2.91. The molecule has 0 atom stereocenters. The van der Waals surface area contributed by atoms with E-state index in [-0.39, 0.29) is 19.2 Å². The Morgan fingerprint density at radius 1 is 0.760 bits per heavy atom. The van der Waals surface area contributed by atoms with Gasteiger partial charge in [-0.05, 0) is 6.42 Å². The van der Waals surface area contributed by atoms with Crippen molar-refractivity contribution in [3.8, 4) is 0 Å². The maximum atomic E-state index is 11.7. The minimum absolute atomic E-state index is 0.0483. The van der Waals surface area contributed by atoms with Crippen LogP contribution in [0.25, 0.3) is 0 Å². The summed E-state index contributed by atoms with van der Waals surface area (Å²) in [6.07, 6.45) is 14.5. The van der Waals surface area contributed by atoms with Gasteiger partial charge in [-0.3, -0.25) is 9.69 Å². The standard InChI is InChI=1S/C20H41NO4/c1-2-3-4-5-6-7-8-9-10-11-12-13-20(24)25-19-16-21(14-17-22)15-18-23/h22-23H,2-19H2,1H3. The lowest BCUT2D eigenvalue weighted by Gasteiger charge is -2.19. The van der Waals surface area contributed by atoms with Crippen LogP contribution >= 0.6 is 0 Å². The van der Waals surface area contributed by atoms with Crippen LogP contribution in [0.5, 0.6) is 0 Å². The van der Waals surface area contributed by atoms with E-state index in [9.17, 15) is 4.79 Å². The van der Waals surface area contributed by atoms with Crippen molar-refractivity contribution in [2.75, 3.05) is 39.5 Å². The fourth-order valence-corrected chi connectivity index (χ4v) is 2.91. The minimum Gasteiger partial charge on any atom is -0.464 e. The van der Waals surface area contributed by atoms with Crippen LogP contribution < -0.4 is 0 Å². The lowest BCUT2D eigenvalue weighted by atomic mass is 10.1. The highest BCUT2D eigenvalue weighted by Crippen LogP contribution is 2.12. The van der Waals surface area contributed by atoms with E-state index in [1.165, 1.54) is 57.8 Å². The largest absolute Gasteiger partial charge is 0.464 e. The van der Waals surface area contributed by atoms with Gasteiger partial charge in [0.1, 0.15) is 6.61 Å². The number of carbonyl (C=O) groups is 1. The quantitative estimate of drug-likeness (QED) is 0.273. The van der Waals surface area contributed by atoms with Crippen molar-refractivity contribution in [2.24, 2.45) is 0 Å². The third-order valence-electron chi connectivity index (χ3n) is 4.49. The molecule has 0 aromatic rings. The molecule has 0 unspecified atom stereocenters. The van der Waals surface area contributed by atoms with Crippen LogP contribution in [0, 0.1) is 0 Å². The van der Waals surface area contributed by atoms with E-state index in [0.717, 1.165) is 12.8 Å². The number of aliphatic hydroxyl groups excluding tert-OH is 2. The molecule has 5 nitrogen and oxygen atoms in total. The number of carbonyl (C=O) groups excluding carboxylic acids is 1. The summed E-state index contributed by atoms with van der Waals surface area (Å²) in [6, 6.07) is 0. The zero-order valence-corrected chi connectivity index (χ0v) is 16.4. The molecule has 0 heterocycles. The van der Waals surface area contributed by atoms with E-state index in [0.29, 0.717) is 32.7 Å². The van der Waals surface area contributed by atoms with E-state index < -0.39 is 0 Å². The second-order valence-electron chi connectivity index (χ2n) is 6.79. The Morgan fingerprint density at radius 3 is 1.72 bits per heavy atom. The van der Waals surface area contributed by atoms with Gasteiger partial charge in [0.25, 0.3) is 0 Å². The lowest BCUT2D eigenvalue weighted by molar-refractivity contribution is -0.144. The number of aliphatic hydroxyl groups is 2. The maximum Gasteiger partial charge on any atom is 0.305 e. The molecule has 0 aliphatic rings. The summed E-state index contributed by atoms with van der Waals surface area (Å²) in [6.45, 7) is 4.23. The molecule has 0 aromatic heterocycles. The molecule has 0 radical (unpaired) electrons. The van der Waals surface area contributed by atoms with Crippen molar-refractivity contribution in [3.63, 3.8) is 0 Å². The summed E-state index contributed by atoms with van der Waals surface area (Å²) in [7, 11) is 0. The highest BCUT2D eigenvalue weighted by Gasteiger charge is 2.06. The number of unbranched alkanes of at least 4 members (excludes halogenated alkanes) is 10. The third-order valence-corrected chi connectivity index (χ3v) is 4.49. The summed E-state index contributed by atoms with van der Waals surface area (Å²) in [5.41, 5.74) is 0. The Morgan fingerprint density at radius 2 is 1.24 bits per heavy atom. The highest BCUT2D eigenvalue weighted by atomic mass is 16.5. The Labute approximate surface area is 154 Å². The van der Waals surface area contributed by atoms with Crippen molar-refractivity contribution in [1.82, 2.24) is 4.90 Å². The smallest absolute Gasteiger partial charge is 0.305 e. The van der Waals surface area contributed by atoms with E-state index >= 15 is 0 Å². The zero-order chi connectivity index (χ0) is 18.6. The predicted octanol–water partition coefficient (Wildman–Crippen LogP) is 3.52. The topological polar surface area (TPSA) is 70.0 Å². The summed E-state index contributed by atoms with van der Waals surface area (Å²) in [4.78, 5) is 13.5. The molecule has 0 aliphatic carbocycles. The van der Waals surface area contributed by atoms with Crippen LogP contribution in [0.2, 0.25) is 0 Å². The minimum atomic E-state index is -0.135. The summed E-state index contributed by atoms with van der Waals surface area (Å²) in [5.74, 6) is -0.135. The number of nitrogens with zero attached hydrogens (tertiary/aromatic N) is 1. The molecule has 25 heavy (non-hydrogen) atoms. The molecular weight excluding hydrogens is 318 g/mol. The van der Waals surface area contributed by atoms with Crippen LogP contribution in [0.15, 0.2) is 0 Å². The summed E-state index contributed by atoms with van der Waals surface area (Å²) < 4.78 is 5.21.